The molecule has 1 unspecified atom stereocenters. The van der Waals surface area contributed by atoms with Crippen molar-refractivity contribution in [3.05, 3.63) is 0 Å². The van der Waals surface area contributed by atoms with E-state index in [-0.39, 0.29) is 0 Å². The van der Waals surface area contributed by atoms with Gasteiger partial charge in [0.05, 0.1) is 0 Å². The highest BCUT2D eigenvalue weighted by molar-refractivity contribution is 6.18. The van der Waals surface area contributed by atoms with Crippen LogP contribution in [0.4, 0.5) is 0 Å². The summed E-state index contributed by atoms with van der Waals surface area (Å²) in [6.07, 6.45) is 2.37. The minimum Gasteiger partial charge on any atom is -0.300 e. The predicted octanol–water partition coefficient (Wildman–Crippen LogP) is 3.67. The van der Waals surface area contributed by atoms with Crippen LogP contribution >= 0.6 is 23.2 Å². The monoisotopic (exact) mass is 296 g/mol. The second-order valence-corrected chi connectivity index (χ2v) is 5.68. The van der Waals surface area contributed by atoms with Crippen molar-refractivity contribution in [1.29, 1.82) is 0 Å². The van der Waals surface area contributed by atoms with Crippen molar-refractivity contribution >= 4 is 23.2 Å². The van der Waals surface area contributed by atoms with Crippen molar-refractivity contribution in [1.82, 2.24) is 9.80 Å². The van der Waals surface area contributed by atoms with Crippen LogP contribution in [0.15, 0.2) is 0 Å². The minimum atomic E-state index is 0.520. The Morgan fingerprint density at radius 3 is 1.94 bits per heavy atom. The van der Waals surface area contributed by atoms with E-state index < -0.39 is 0 Å². The molecule has 0 N–H and O–H groups in total. The van der Waals surface area contributed by atoms with Crippen LogP contribution in [0.1, 0.15) is 40.5 Å². The molecule has 0 aliphatic carbocycles. The van der Waals surface area contributed by atoms with Gasteiger partial charge in [0, 0.05) is 30.4 Å². The third kappa shape index (κ3) is 7.18. The van der Waals surface area contributed by atoms with E-state index in [0.29, 0.717) is 18.0 Å². The molecule has 2 nitrogen and oxygen atoms in total. The van der Waals surface area contributed by atoms with Gasteiger partial charge in [-0.1, -0.05) is 13.8 Å². The number of hydrogen-bond donors (Lipinski definition) is 0. The van der Waals surface area contributed by atoms with Gasteiger partial charge in [-0.05, 0) is 46.3 Å². The van der Waals surface area contributed by atoms with Gasteiger partial charge in [-0.2, -0.15) is 0 Å². The highest BCUT2D eigenvalue weighted by Gasteiger charge is 2.15. The van der Waals surface area contributed by atoms with Gasteiger partial charge in [-0.15, -0.1) is 23.2 Å². The molecule has 18 heavy (non-hydrogen) atoms. The Hall–Kier alpha value is 0.500. The van der Waals surface area contributed by atoms with Crippen LogP contribution in [0, 0.1) is 0 Å². The Labute approximate surface area is 124 Å². The quantitative estimate of drug-likeness (QED) is 0.537. The third-order valence-electron chi connectivity index (χ3n) is 3.59. The van der Waals surface area contributed by atoms with Crippen molar-refractivity contribution in [3.8, 4) is 0 Å². The van der Waals surface area contributed by atoms with Crippen molar-refractivity contribution in [2.24, 2.45) is 0 Å². The second-order valence-electron chi connectivity index (χ2n) is 4.99. The van der Waals surface area contributed by atoms with Crippen molar-refractivity contribution in [2.45, 2.75) is 52.6 Å². The smallest absolute Gasteiger partial charge is 0.0379 e. The highest BCUT2D eigenvalue weighted by Crippen LogP contribution is 2.11. The predicted molar refractivity (Wildman–Crippen MR) is 84.1 cm³/mol. The van der Waals surface area contributed by atoms with E-state index in [1.54, 1.807) is 0 Å². The Kier molecular flexibility index (Phi) is 11.7. The number of alkyl halides is 2. The summed E-state index contributed by atoms with van der Waals surface area (Å²) < 4.78 is 0. The van der Waals surface area contributed by atoms with Crippen LogP contribution in [0.5, 0.6) is 0 Å². The van der Waals surface area contributed by atoms with Crippen LogP contribution in [0.3, 0.4) is 0 Å². The zero-order valence-electron chi connectivity index (χ0n) is 12.5. The van der Waals surface area contributed by atoms with Gasteiger partial charge in [0.1, 0.15) is 0 Å². The largest absolute Gasteiger partial charge is 0.300 e. The standard InChI is InChI=1S/C14H30Cl2N2/c1-5-17(6-2)14(12-16)8-7-10-18(11-9-15)13(3)4/h13-14H,5-12H2,1-4H3. The van der Waals surface area contributed by atoms with Crippen LogP contribution in [-0.4, -0.2) is 59.8 Å². The lowest BCUT2D eigenvalue weighted by atomic mass is 10.1. The normalized spacial score (nSPS) is 13.8. The van der Waals surface area contributed by atoms with E-state index >= 15 is 0 Å². The Bertz CT molecular complexity index is 185. The topological polar surface area (TPSA) is 6.48 Å². The number of nitrogens with zero attached hydrogens (tertiary/aromatic N) is 2. The van der Waals surface area contributed by atoms with Gasteiger partial charge in [-0.3, -0.25) is 9.80 Å². The first-order valence-corrected chi connectivity index (χ1v) is 8.27. The maximum Gasteiger partial charge on any atom is 0.0379 e. The summed E-state index contributed by atoms with van der Waals surface area (Å²) in [5.41, 5.74) is 0. The van der Waals surface area contributed by atoms with Gasteiger partial charge >= 0.3 is 0 Å². The Balaban J connectivity index is 4.04. The molecule has 110 valence electrons. The molecule has 0 saturated heterocycles. The maximum atomic E-state index is 6.08. The average molecular weight is 297 g/mol. The maximum absolute atomic E-state index is 6.08. The molecule has 0 saturated carbocycles. The molecular formula is C14H30Cl2N2. The highest BCUT2D eigenvalue weighted by atomic mass is 35.5. The van der Waals surface area contributed by atoms with E-state index in [4.69, 9.17) is 23.2 Å². The van der Waals surface area contributed by atoms with E-state index in [9.17, 15) is 0 Å². The molecular weight excluding hydrogens is 267 g/mol. The van der Waals surface area contributed by atoms with Crippen LogP contribution in [-0.2, 0) is 0 Å². The summed E-state index contributed by atoms with van der Waals surface area (Å²) in [6, 6.07) is 1.10. The van der Waals surface area contributed by atoms with Crippen molar-refractivity contribution in [3.63, 3.8) is 0 Å². The zero-order chi connectivity index (χ0) is 14.0. The third-order valence-corrected chi connectivity index (χ3v) is 4.12. The number of halogens is 2. The lowest BCUT2D eigenvalue weighted by molar-refractivity contribution is 0.194. The molecule has 0 heterocycles. The van der Waals surface area contributed by atoms with Crippen molar-refractivity contribution in [2.75, 3.05) is 37.9 Å². The summed E-state index contributed by atoms with van der Waals surface area (Å²) >= 11 is 11.9. The fourth-order valence-electron chi connectivity index (χ4n) is 2.36. The van der Waals surface area contributed by atoms with Gasteiger partial charge in [0.2, 0.25) is 0 Å². The lowest BCUT2D eigenvalue weighted by Crippen LogP contribution is -2.38. The summed E-state index contributed by atoms with van der Waals surface area (Å²) in [5.74, 6) is 1.45. The molecule has 0 aromatic rings. The first-order valence-electron chi connectivity index (χ1n) is 7.20. The molecule has 0 spiro atoms. The fourth-order valence-corrected chi connectivity index (χ4v) is 2.93. The number of hydrogen-bond acceptors (Lipinski definition) is 2. The van der Waals surface area contributed by atoms with E-state index in [2.05, 4.69) is 37.5 Å². The fraction of sp³-hybridized carbons (Fsp3) is 1.00. The summed E-state index contributed by atoms with van der Waals surface area (Å²) in [6.45, 7) is 13.2. The lowest BCUT2D eigenvalue weighted by Gasteiger charge is -2.30. The molecule has 0 aliphatic heterocycles. The molecule has 0 aromatic heterocycles. The molecule has 0 fully saturated rings. The van der Waals surface area contributed by atoms with Crippen LogP contribution in [0.25, 0.3) is 0 Å². The second kappa shape index (κ2) is 11.3. The first-order chi connectivity index (χ1) is 8.60. The average Bonchev–Trinajstić information content (AvgIpc) is 2.36. The summed E-state index contributed by atoms with van der Waals surface area (Å²) in [4.78, 5) is 4.90. The minimum absolute atomic E-state index is 0.520. The molecule has 0 aromatic carbocycles. The van der Waals surface area contributed by atoms with E-state index in [1.807, 2.05) is 0 Å². The van der Waals surface area contributed by atoms with E-state index in [0.717, 1.165) is 32.1 Å². The SMILES string of the molecule is CCN(CC)C(CCl)CCCN(CCCl)C(C)C. The van der Waals surface area contributed by atoms with Crippen LogP contribution in [0.2, 0.25) is 0 Å². The molecule has 0 amide bonds. The van der Waals surface area contributed by atoms with E-state index in [1.165, 1.54) is 12.8 Å². The Morgan fingerprint density at radius 2 is 1.56 bits per heavy atom. The van der Waals surface area contributed by atoms with Crippen LogP contribution < -0.4 is 0 Å². The van der Waals surface area contributed by atoms with Gasteiger partial charge in [0.15, 0.2) is 0 Å². The summed E-state index contributed by atoms with van der Waals surface area (Å²) in [7, 11) is 0. The van der Waals surface area contributed by atoms with Crippen molar-refractivity contribution < 1.29 is 0 Å². The summed E-state index contributed by atoms with van der Waals surface area (Å²) in [5, 5.41) is 0. The number of rotatable bonds is 11. The zero-order valence-corrected chi connectivity index (χ0v) is 14.0. The molecule has 0 aliphatic rings. The molecule has 0 bridgehead atoms. The first kappa shape index (κ1) is 18.5. The van der Waals surface area contributed by atoms with Gasteiger partial charge in [0.25, 0.3) is 0 Å². The van der Waals surface area contributed by atoms with Gasteiger partial charge < -0.3 is 0 Å². The Morgan fingerprint density at radius 1 is 0.944 bits per heavy atom. The van der Waals surface area contributed by atoms with Gasteiger partial charge in [-0.25, -0.2) is 0 Å². The molecule has 0 rings (SSSR count). The molecule has 1 atom stereocenters. The molecule has 0 radical (unpaired) electrons. The molecule has 4 heteroatoms.